The number of benzene rings is 2. The van der Waals surface area contributed by atoms with Crippen LogP contribution in [0.25, 0.3) is 11.1 Å². The van der Waals surface area contributed by atoms with Crippen LogP contribution in [0.15, 0.2) is 42.5 Å². The van der Waals surface area contributed by atoms with E-state index in [9.17, 15) is 4.79 Å². The van der Waals surface area contributed by atoms with Crippen molar-refractivity contribution in [3.05, 3.63) is 42.5 Å². The van der Waals surface area contributed by atoms with E-state index in [1.54, 1.807) is 18.2 Å². The highest BCUT2D eigenvalue weighted by Crippen LogP contribution is 2.30. The summed E-state index contributed by atoms with van der Waals surface area (Å²) >= 11 is 0. The molecular formula is C17H21N3O2. The second-order valence-electron chi connectivity index (χ2n) is 6.05. The van der Waals surface area contributed by atoms with Crippen LogP contribution in [0, 0.1) is 0 Å². The number of rotatable bonds is 2. The number of nitrogens with one attached hydrogen (secondary N) is 1. The van der Waals surface area contributed by atoms with Crippen LogP contribution in [0.4, 0.5) is 21.9 Å². The maximum absolute atomic E-state index is 11.8. The molecule has 2 aromatic carbocycles. The van der Waals surface area contributed by atoms with Crippen molar-refractivity contribution in [1.82, 2.24) is 0 Å². The van der Waals surface area contributed by atoms with Crippen LogP contribution in [0.1, 0.15) is 20.8 Å². The molecule has 0 bridgehead atoms. The monoisotopic (exact) mass is 299 g/mol. The van der Waals surface area contributed by atoms with Crippen LogP contribution < -0.4 is 16.8 Å². The zero-order chi connectivity index (χ0) is 16.3. The van der Waals surface area contributed by atoms with Crippen molar-refractivity contribution in [2.75, 3.05) is 16.8 Å². The van der Waals surface area contributed by atoms with Crippen molar-refractivity contribution in [2.24, 2.45) is 0 Å². The molecule has 0 aliphatic heterocycles. The molecule has 0 atom stereocenters. The summed E-state index contributed by atoms with van der Waals surface area (Å²) in [6.45, 7) is 5.44. The summed E-state index contributed by atoms with van der Waals surface area (Å²) in [5, 5.41) is 2.70. The van der Waals surface area contributed by atoms with Gasteiger partial charge in [-0.2, -0.15) is 0 Å². The zero-order valence-electron chi connectivity index (χ0n) is 13.0. The summed E-state index contributed by atoms with van der Waals surface area (Å²) in [6.07, 6.45) is -0.504. The Balaban J connectivity index is 2.26. The van der Waals surface area contributed by atoms with Crippen LogP contribution >= 0.6 is 0 Å². The number of carbonyl (C=O) groups is 1. The van der Waals surface area contributed by atoms with Crippen LogP contribution in [-0.4, -0.2) is 11.7 Å². The van der Waals surface area contributed by atoms with Gasteiger partial charge in [0.15, 0.2) is 0 Å². The second-order valence-corrected chi connectivity index (χ2v) is 6.05. The minimum absolute atomic E-state index is 0.504. The van der Waals surface area contributed by atoms with E-state index < -0.39 is 11.7 Å². The highest BCUT2D eigenvalue weighted by Gasteiger charge is 2.16. The van der Waals surface area contributed by atoms with E-state index in [0.717, 1.165) is 11.1 Å². The largest absolute Gasteiger partial charge is 0.444 e. The van der Waals surface area contributed by atoms with Crippen molar-refractivity contribution in [2.45, 2.75) is 26.4 Å². The molecule has 2 rings (SSSR count). The van der Waals surface area contributed by atoms with Gasteiger partial charge in [0.2, 0.25) is 0 Å². The number of ether oxygens (including phenoxy) is 1. The number of nitrogens with two attached hydrogens (primary N) is 2. The molecule has 0 unspecified atom stereocenters. The molecule has 2 aromatic rings. The molecule has 0 saturated carbocycles. The Morgan fingerprint density at radius 2 is 1.82 bits per heavy atom. The van der Waals surface area contributed by atoms with Crippen LogP contribution in [-0.2, 0) is 4.74 Å². The van der Waals surface area contributed by atoms with Crippen molar-refractivity contribution in [3.63, 3.8) is 0 Å². The molecule has 0 aromatic heterocycles. The third-order valence-corrected chi connectivity index (χ3v) is 2.90. The number of carbonyl (C=O) groups excluding carboxylic acids is 1. The quantitative estimate of drug-likeness (QED) is 0.734. The predicted molar refractivity (Wildman–Crippen MR) is 90.6 cm³/mol. The van der Waals surface area contributed by atoms with Crippen molar-refractivity contribution >= 4 is 23.2 Å². The van der Waals surface area contributed by atoms with E-state index in [1.165, 1.54) is 0 Å². The van der Waals surface area contributed by atoms with Gasteiger partial charge in [0, 0.05) is 22.6 Å². The van der Waals surface area contributed by atoms with Gasteiger partial charge in [0.05, 0.1) is 0 Å². The first-order valence-electron chi connectivity index (χ1n) is 7.00. The minimum atomic E-state index is -0.547. The summed E-state index contributed by atoms with van der Waals surface area (Å²) in [5.41, 5.74) is 14.9. The summed E-state index contributed by atoms with van der Waals surface area (Å²) in [4.78, 5) is 11.8. The number of hydrogen-bond donors (Lipinski definition) is 3. The topological polar surface area (TPSA) is 90.4 Å². The molecule has 0 radical (unpaired) electrons. The summed E-state index contributed by atoms with van der Waals surface area (Å²) in [5.74, 6) is 0. The summed E-state index contributed by atoms with van der Waals surface area (Å²) in [7, 11) is 0. The molecule has 5 N–H and O–H groups in total. The molecule has 22 heavy (non-hydrogen) atoms. The van der Waals surface area contributed by atoms with Gasteiger partial charge in [-0.05, 0) is 56.7 Å². The lowest BCUT2D eigenvalue weighted by atomic mass is 10.0. The second kappa shape index (κ2) is 5.97. The third kappa shape index (κ3) is 4.15. The molecule has 0 aliphatic rings. The average Bonchev–Trinajstić information content (AvgIpc) is 2.38. The fraction of sp³-hybridized carbons (Fsp3) is 0.235. The Hall–Kier alpha value is -2.69. The lowest BCUT2D eigenvalue weighted by Crippen LogP contribution is -2.27. The van der Waals surface area contributed by atoms with Gasteiger partial charge in [-0.25, -0.2) is 4.79 Å². The molecule has 5 heteroatoms. The van der Waals surface area contributed by atoms with Gasteiger partial charge < -0.3 is 16.2 Å². The fourth-order valence-electron chi connectivity index (χ4n) is 2.01. The van der Waals surface area contributed by atoms with Gasteiger partial charge in [0.1, 0.15) is 5.60 Å². The van der Waals surface area contributed by atoms with Gasteiger partial charge in [-0.3, -0.25) is 5.32 Å². The maximum Gasteiger partial charge on any atom is 0.412 e. The number of amides is 1. The third-order valence-electron chi connectivity index (χ3n) is 2.90. The smallest absolute Gasteiger partial charge is 0.412 e. The van der Waals surface area contributed by atoms with Gasteiger partial charge in [-0.15, -0.1) is 0 Å². The van der Waals surface area contributed by atoms with E-state index in [2.05, 4.69) is 5.32 Å². The Morgan fingerprint density at radius 1 is 1.09 bits per heavy atom. The summed E-state index contributed by atoms with van der Waals surface area (Å²) in [6, 6.07) is 12.7. The van der Waals surface area contributed by atoms with E-state index in [4.69, 9.17) is 16.2 Å². The van der Waals surface area contributed by atoms with Gasteiger partial charge in [0.25, 0.3) is 0 Å². The average molecular weight is 299 g/mol. The van der Waals surface area contributed by atoms with Crippen molar-refractivity contribution in [3.8, 4) is 11.1 Å². The van der Waals surface area contributed by atoms with E-state index in [1.807, 2.05) is 45.0 Å². The molecular weight excluding hydrogens is 278 g/mol. The molecule has 0 spiro atoms. The molecule has 5 nitrogen and oxygen atoms in total. The molecule has 0 aliphatic carbocycles. The van der Waals surface area contributed by atoms with E-state index >= 15 is 0 Å². The van der Waals surface area contributed by atoms with Crippen LogP contribution in [0.5, 0.6) is 0 Å². The lowest BCUT2D eigenvalue weighted by Gasteiger charge is -2.20. The first-order chi connectivity index (χ1) is 10.2. The Labute approximate surface area is 130 Å². The van der Waals surface area contributed by atoms with Crippen molar-refractivity contribution in [1.29, 1.82) is 0 Å². The zero-order valence-corrected chi connectivity index (χ0v) is 13.0. The first-order valence-corrected chi connectivity index (χ1v) is 7.00. The predicted octanol–water partition coefficient (Wildman–Crippen LogP) is 3.87. The van der Waals surface area contributed by atoms with Crippen LogP contribution in [0.2, 0.25) is 0 Å². The standard InChI is InChI=1S/C17H21N3O2/c1-17(2,3)22-16(21)20-13-7-8-15(19)14(10-13)11-5-4-6-12(18)9-11/h4-10H,18-19H2,1-3H3,(H,20,21). The van der Waals surface area contributed by atoms with E-state index in [-0.39, 0.29) is 0 Å². The number of nitrogen functional groups attached to an aromatic ring is 2. The minimum Gasteiger partial charge on any atom is -0.444 e. The maximum atomic E-state index is 11.8. The highest BCUT2D eigenvalue weighted by atomic mass is 16.6. The fourth-order valence-corrected chi connectivity index (χ4v) is 2.01. The molecule has 0 saturated heterocycles. The number of hydrogen-bond acceptors (Lipinski definition) is 4. The Morgan fingerprint density at radius 3 is 2.45 bits per heavy atom. The highest BCUT2D eigenvalue weighted by molar-refractivity contribution is 5.88. The SMILES string of the molecule is CC(C)(C)OC(=O)Nc1ccc(N)c(-c2cccc(N)c2)c1. The molecule has 0 fully saturated rings. The lowest BCUT2D eigenvalue weighted by molar-refractivity contribution is 0.0636. The normalized spacial score (nSPS) is 11.0. The van der Waals surface area contributed by atoms with Crippen LogP contribution in [0.3, 0.4) is 0 Å². The summed E-state index contributed by atoms with van der Waals surface area (Å²) < 4.78 is 5.24. The molecule has 0 heterocycles. The molecule has 1 amide bonds. The first kappa shape index (κ1) is 15.7. The Bertz CT molecular complexity index is 691. The van der Waals surface area contributed by atoms with Gasteiger partial charge >= 0.3 is 6.09 Å². The van der Waals surface area contributed by atoms with E-state index in [0.29, 0.717) is 17.1 Å². The Kier molecular flexibility index (Phi) is 4.26. The molecule has 116 valence electrons. The van der Waals surface area contributed by atoms with Gasteiger partial charge in [-0.1, -0.05) is 12.1 Å². The van der Waals surface area contributed by atoms with Crippen molar-refractivity contribution < 1.29 is 9.53 Å². The number of anilines is 3.